The van der Waals surface area contributed by atoms with E-state index < -0.39 is 17.3 Å². The van der Waals surface area contributed by atoms with E-state index in [1.54, 1.807) is 6.92 Å². The maximum Gasteiger partial charge on any atom is 0.337 e. The molecule has 0 spiro atoms. The highest BCUT2D eigenvalue weighted by atomic mass is 19.3. The summed E-state index contributed by atoms with van der Waals surface area (Å²) >= 11 is 0. The van der Waals surface area contributed by atoms with Crippen molar-refractivity contribution in [1.82, 2.24) is 4.98 Å². The van der Waals surface area contributed by atoms with Crippen LogP contribution >= 0.6 is 0 Å². The van der Waals surface area contributed by atoms with Crippen molar-refractivity contribution in [3.05, 3.63) is 23.4 Å². The second kappa shape index (κ2) is 5.58. The number of pyridine rings is 1. The Morgan fingerprint density at radius 3 is 2.52 bits per heavy atom. The van der Waals surface area contributed by atoms with Gasteiger partial charge in [-0.1, -0.05) is 13.3 Å². The highest BCUT2D eigenvalue weighted by Gasteiger charge is 2.59. The molecule has 0 aliphatic heterocycles. The minimum atomic E-state index is -2.98. The Kier molecular flexibility index (Phi) is 4.16. The van der Waals surface area contributed by atoms with Crippen molar-refractivity contribution < 1.29 is 23.4 Å². The highest BCUT2D eigenvalue weighted by Crippen LogP contribution is 2.55. The molecule has 21 heavy (non-hydrogen) atoms. The summed E-state index contributed by atoms with van der Waals surface area (Å²) < 4.78 is 34.1. The number of ether oxygens (including phenoxy) is 1. The van der Waals surface area contributed by atoms with E-state index in [1.807, 2.05) is 0 Å². The van der Waals surface area contributed by atoms with E-state index in [4.69, 9.17) is 4.74 Å². The molecule has 1 aromatic rings. The topological polar surface area (TPSA) is 59.4 Å². The predicted molar refractivity (Wildman–Crippen MR) is 73.1 cm³/mol. The van der Waals surface area contributed by atoms with Crippen molar-refractivity contribution in [3.63, 3.8) is 0 Å². The van der Waals surface area contributed by atoms with Gasteiger partial charge in [0.25, 0.3) is 5.92 Å². The van der Waals surface area contributed by atoms with Crippen molar-refractivity contribution in [2.75, 3.05) is 6.61 Å². The first-order chi connectivity index (χ1) is 9.88. The van der Waals surface area contributed by atoms with Crippen LogP contribution in [0, 0.1) is 0 Å². The normalized spacial score (nSPS) is 17.1. The largest absolute Gasteiger partial charge is 0.478 e. The second-order valence-corrected chi connectivity index (χ2v) is 5.28. The summed E-state index contributed by atoms with van der Waals surface area (Å²) in [6.45, 7) is 3.51. The number of nitrogens with zero attached hydrogens (tertiary/aromatic N) is 1. The third kappa shape index (κ3) is 2.47. The lowest BCUT2D eigenvalue weighted by Gasteiger charge is -2.47. The minimum Gasteiger partial charge on any atom is -0.478 e. The van der Waals surface area contributed by atoms with Gasteiger partial charge >= 0.3 is 5.97 Å². The number of carbonyl (C=O) groups is 1. The van der Waals surface area contributed by atoms with Crippen LogP contribution in [0.25, 0.3) is 0 Å². The number of carboxylic acid groups (broad SMARTS) is 1. The van der Waals surface area contributed by atoms with E-state index in [0.717, 1.165) is 0 Å². The Morgan fingerprint density at radius 2 is 2.10 bits per heavy atom. The number of carboxylic acids is 1. The molecule has 1 aliphatic carbocycles. The summed E-state index contributed by atoms with van der Waals surface area (Å²) in [5.74, 6) is -4.03. The van der Waals surface area contributed by atoms with E-state index in [1.165, 1.54) is 19.1 Å². The summed E-state index contributed by atoms with van der Waals surface area (Å²) in [7, 11) is 0. The van der Waals surface area contributed by atoms with Gasteiger partial charge in [-0.05, 0) is 25.8 Å². The number of aromatic nitrogens is 1. The van der Waals surface area contributed by atoms with Gasteiger partial charge in [-0.15, -0.1) is 0 Å². The molecule has 0 atom stereocenters. The van der Waals surface area contributed by atoms with E-state index in [2.05, 4.69) is 4.98 Å². The molecule has 1 aliphatic rings. The zero-order valence-corrected chi connectivity index (χ0v) is 12.2. The van der Waals surface area contributed by atoms with Crippen LogP contribution in [-0.2, 0) is 5.41 Å². The Hall–Kier alpha value is -1.72. The lowest BCUT2D eigenvalue weighted by atomic mass is 9.61. The molecule has 116 valence electrons. The number of alkyl halides is 2. The van der Waals surface area contributed by atoms with Crippen LogP contribution in [0.3, 0.4) is 0 Å². The van der Waals surface area contributed by atoms with Crippen LogP contribution in [0.1, 0.15) is 55.6 Å². The summed E-state index contributed by atoms with van der Waals surface area (Å²) in [5, 5.41) is 9.28. The molecule has 0 bridgehead atoms. The molecule has 1 heterocycles. The molecule has 0 amide bonds. The molecular formula is C15H19F2NO3. The summed E-state index contributed by atoms with van der Waals surface area (Å²) in [4.78, 5) is 15.5. The summed E-state index contributed by atoms with van der Waals surface area (Å²) in [6, 6.07) is 2.72. The monoisotopic (exact) mass is 299 g/mol. The molecule has 2 rings (SSSR count). The zero-order chi connectivity index (χ0) is 15.7. The smallest absolute Gasteiger partial charge is 0.337 e. The first kappa shape index (κ1) is 15.7. The van der Waals surface area contributed by atoms with Gasteiger partial charge in [-0.25, -0.2) is 18.6 Å². The molecule has 1 N–H and O–H groups in total. The van der Waals surface area contributed by atoms with E-state index in [9.17, 15) is 18.7 Å². The fraction of sp³-hybridized carbons (Fsp3) is 0.600. The Morgan fingerprint density at radius 1 is 1.43 bits per heavy atom. The van der Waals surface area contributed by atoms with Crippen LogP contribution in [0.5, 0.6) is 5.88 Å². The fourth-order valence-corrected chi connectivity index (χ4v) is 2.85. The Bertz CT molecular complexity index is 542. The fourth-order valence-electron chi connectivity index (χ4n) is 2.85. The lowest BCUT2D eigenvalue weighted by Crippen LogP contribution is -2.51. The molecule has 4 nitrogen and oxygen atoms in total. The quantitative estimate of drug-likeness (QED) is 0.871. The third-order valence-corrected chi connectivity index (χ3v) is 4.20. The molecule has 0 saturated heterocycles. The lowest BCUT2D eigenvalue weighted by molar-refractivity contribution is -0.117. The molecule has 0 aromatic carbocycles. The van der Waals surface area contributed by atoms with Crippen molar-refractivity contribution in [1.29, 1.82) is 0 Å². The van der Waals surface area contributed by atoms with Crippen molar-refractivity contribution >= 4 is 5.97 Å². The number of aromatic carboxylic acids is 1. The van der Waals surface area contributed by atoms with Gasteiger partial charge in [0.15, 0.2) is 0 Å². The van der Waals surface area contributed by atoms with Gasteiger partial charge < -0.3 is 9.84 Å². The van der Waals surface area contributed by atoms with Gasteiger partial charge in [-0.2, -0.15) is 0 Å². The zero-order valence-electron chi connectivity index (χ0n) is 12.2. The number of hydrogen-bond acceptors (Lipinski definition) is 3. The second-order valence-electron chi connectivity index (χ2n) is 5.28. The number of hydrogen-bond donors (Lipinski definition) is 1. The third-order valence-electron chi connectivity index (χ3n) is 4.20. The van der Waals surface area contributed by atoms with Gasteiger partial charge in [-0.3, -0.25) is 0 Å². The molecule has 0 radical (unpaired) electrons. The Labute approximate surface area is 122 Å². The average molecular weight is 299 g/mol. The van der Waals surface area contributed by atoms with Crippen LogP contribution in [0.15, 0.2) is 12.1 Å². The van der Waals surface area contributed by atoms with Gasteiger partial charge in [0.05, 0.1) is 23.3 Å². The minimum absolute atomic E-state index is 0.0425. The predicted octanol–water partition coefficient (Wildman–Crippen LogP) is 3.65. The van der Waals surface area contributed by atoms with E-state index in [0.29, 0.717) is 13.0 Å². The van der Waals surface area contributed by atoms with Crippen molar-refractivity contribution in [2.45, 2.75) is 50.9 Å². The summed E-state index contributed by atoms with van der Waals surface area (Å²) in [6.07, 6.45) is 0.801. The van der Waals surface area contributed by atoms with Crippen LogP contribution < -0.4 is 4.74 Å². The molecule has 0 unspecified atom stereocenters. The summed E-state index contributed by atoms with van der Waals surface area (Å²) in [5.41, 5.74) is -1.69. The number of halogens is 2. The molecule has 1 saturated carbocycles. The number of rotatable bonds is 6. The molecule has 1 aromatic heterocycles. The van der Waals surface area contributed by atoms with Gasteiger partial charge in [0, 0.05) is 12.5 Å². The molecule has 6 heteroatoms. The van der Waals surface area contributed by atoms with Crippen molar-refractivity contribution in [3.8, 4) is 5.88 Å². The SMILES string of the molecule is CCOc1ccc(C(=O)O)c(C2(C(F)(F)CC)CCC2)n1. The maximum atomic E-state index is 14.4. The highest BCUT2D eigenvalue weighted by molar-refractivity contribution is 5.89. The first-order valence-corrected chi connectivity index (χ1v) is 7.13. The van der Waals surface area contributed by atoms with Crippen LogP contribution in [0.4, 0.5) is 8.78 Å². The van der Waals surface area contributed by atoms with E-state index >= 15 is 0 Å². The molecular weight excluding hydrogens is 280 g/mol. The maximum absolute atomic E-state index is 14.4. The standard InChI is InChI=1S/C15H19F2NO3/c1-3-15(16,17)14(8-5-9-14)12-10(13(19)20)6-7-11(18-12)21-4-2/h6-7H,3-5,8-9H2,1-2H3,(H,19,20). The first-order valence-electron chi connectivity index (χ1n) is 7.13. The van der Waals surface area contributed by atoms with Crippen LogP contribution in [0.2, 0.25) is 0 Å². The average Bonchev–Trinajstić information content (AvgIpc) is 2.37. The van der Waals surface area contributed by atoms with Gasteiger partial charge in [0.2, 0.25) is 5.88 Å². The molecule has 1 fully saturated rings. The van der Waals surface area contributed by atoms with Crippen molar-refractivity contribution in [2.24, 2.45) is 0 Å². The van der Waals surface area contributed by atoms with Crippen LogP contribution in [-0.4, -0.2) is 28.6 Å². The Balaban J connectivity index is 2.58. The van der Waals surface area contributed by atoms with Gasteiger partial charge in [0.1, 0.15) is 0 Å². The van der Waals surface area contributed by atoms with E-state index in [-0.39, 0.29) is 36.4 Å².